The Morgan fingerprint density at radius 3 is 2.50 bits per heavy atom. The van der Waals surface area contributed by atoms with E-state index in [-0.39, 0.29) is 0 Å². The first-order valence-corrected chi connectivity index (χ1v) is 6.42. The lowest BCUT2D eigenvalue weighted by atomic mass is 10.0. The highest BCUT2D eigenvalue weighted by atomic mass is 15.2. The molecule has 5 heteroatoms. The molecular weight excluding hydrogens is 250 g/mol. The number of nitrogens with zero attached hydrogens (tertiary/aromatic N) is 4. The van der Waals surface area contributed by atoms with Crippen molar-refractivity contribution < 1.29 is 0 Å². The third-order valence-corrected chi connectivity index (χ3v) is 3.00. The predicted octanol–water partition coefficient (Wildman–Crippen LogP) is 3.26. The minimum absolute atomic E-state index is 0.513. The molecule has 0 saturated heterocycles. The summed E-state index contributed by atoms with van der Waals surface area (Å²) in [6.07, 6.45) is 3.45. The molecule has 1 aromatic heterocycles. The Morgan fingerprint density at radius 1 is 1.20 bits per heavy atom. The van der Waals surface area contributed by atoms with E-state index in [9.17, 15) is 0 Å². The van der Waals surface area contributed by atoms with Gasteiger partial charge in [-0.1, -0.05) is 26.0 Å². The summed E-state index contributed by atoms with van der Waals surface area (Å²) in [5.41, 5.74) is 2.25. The van der Waals surface area contributed by atoms with Gasteiger partial charge in [0, 0.05) is 18.8 Å². The smallest absolute Gasteiger partial charge is 0.185 e. The van der Waals surface area contributed by atoms with Gasteiger partial charge in [-0.25, -0.2) is 9.97 Å². The lowest BCUT2D eigenvalue weighted by Crippen LogP contribution is -2.10. The minimum atomic E-state index is 0.513. The molecule has 0 atom stereocenters. The highest BCUT2D eigenvalue weighted by Gasteiger charge is 2.04. The first kappa shape index (κ1) is 13.8. The second kappa shape index (κ2) is 6.02. The molecule has 1 N–H and O–H groups in total. The van der Waals surface area contributed by atoms with Crippen LogP contribution in [0, 0.1) is 11.5 Å². The summed E-state index contributed by atoms with van der Waals surface area (Å²) in [4.78, 5) is 9.58. The maximum Gasteiger partial charge on any atom is 0.185 e. The maximum atomic E-state index is 8.85. The van der Waals surface area contributed by atoms with Crippen LogP contribution in [0.4, 0.5) is 17.3 Å². The van der Waals surface area contributed by atoms with Crippen molar-refractivity contribution in [3.8, 4) is 6.19 Å². The van der Waals surface area contributed by atoms with E-state index in [4.69, 9.17) is 5.26 Å². The molecule has 1 aromatic carbocycles. The van der Waals surface area contributed by atoms with Crippen LogP contribution < -0.4 is 10.2 Å². The summed E-state index contributed by atoms with van der Waals surface area (Å²) < 4.78 is 0. The van der Waals surface area contributed by atoms with E-state index in [1.807, 2.05) is 18.3 Å². The molecule has 0 aliphatic heterocycles. The van der Waals surface area contributed by atoms with Crippen molar-refractivity contribution in [2.75, 3.05) is 17.3 Å². The largest absolute Gasteiger partial charge is 0.340 e. The highest BCUT2D eigenvalue weighted by Crippen LogP contribution is 2.20. The van der Waals surface area contributed by atoms with E-state index >= 15 is 0 Å². The lowest BCUT2D eigenvalue weighted by molar-refractivity contribution is 0.867. The van der Waals surface area contributed by atoms with Crippen LogP contribution in [0.5, 0.6) is 0 Å². The number of benzene rings is 1. The molecule has 0 unspecified atom stereocenters. The van der Waals surface area contributed by atoms with Crippen molar-refractivity contribution in [3.05, 3.63) is 42.2 Å². The highest BCUT2D eigenvalue weighted by molar-refractivity contribution is 5.60. The van der Waals surface area contributed by atoms with Gasteiger partial charge < -0.3 is 5.32 Å². The number of rotatable bonds is 4. The van der Waals surface area contributed by atoms with E-state index in [1.54, 1.807) is 13.1 Å². The summed E-state index contributed by atoms with van der Waals surface area (Å²) in [6.45, 7) is 4.33. The van der Waals surface area contributed by atoms with Crippen LogP contribution >= 0.6 is 0 Å². The van der Waals surface area contributed by atoms with Gasteiger partial charge in [0.05, 0.1) is 0 Å². The predicted molar refractivity (Wildman–Crippen MR) is 79.9 cm³/mol. The summed E-state index contributed by atoms with van der Waals surface area (Å²) in [5, 5.41) is 12.0. The number of nitriles is 1. The summed E-state index contributed by atoms with van der Waals surface area (Å²) in [5.74, 6) is 1.73. The fraction of sp³-hybridized carbons (Fsp3) is 0.267. The molecule has 0 fully saturated rings. The normalized spacial score (nSPS) is 10.2. The number of hydrogen-bond donors (Lipinski definition) is 1. The van der Waals surface area contributed by atoms with E-state index in [1.165, 1.54) is 16.8 Å². The molecule has 0 saturated carbocycles. The van der Waals surface area contributed by atoms with Crippen LogP contribution in [0.15, 0.2) is 36.7 Å². The average molecular weight is 267 g/mol. The van der Waals surface area contributed by atoms with Gasteiger partial charge >= 0.3 is 0 Å². The zero-order valence-corrected chi connectivity index (χ0v) is 11.8. The molecule has 2 rings (SSSR count). The Bertz CT molecular complexity index is 613. The van der Waals surface area contributed by atoms with Gasteiger partial charge in [0.15, 0.2) is 6.19 Å². The van der Waals surface area contributed by atoms with E-state index in [0.717, 1.165) is 5.69 Å². The van der Waals surface area contributed by atoms with Crippen molar-refractivity contribution in [1.29, 1.82) is 5.26 Å². The third-order valence-electron chi connectivity index (χ3n) is 3.00. The van der Waals surface area contributed by atoms with Crippen LogP contribution in [0.1, 0.15) is 25.3 Å². The van der Waals surface area contributed by atoms with Crippen LogP contribution in [-0.4, -0.2) is 17.0 Å². The molecule has 0 spiro atoms. The van der Waals surface area contributed by atoms with Gasteiger partial charge in [-0.15, -0.1) is 0 Å². The molecule has 2 aromatic rings. The zero-order valence-electron chi connectivity index (χ0n) is 11.8. The molecule has 5 nitrogen and oxygen atoms in total. The van der Waals surface area contributed by atoms with Crippen LogP contribution in [-0.2, 0) is 0 Å². The lowest BCUT2D eigenvalue weighted by Gasteiger charge is -2.11. The first-order chi connectivity index (χ1) is 9.60. The van der Waals surface area contributed by atoms with Gasteiger partial charge in [0.1, 0.15) is 18.0 Å². The Kier molecular flexibility index (Phi) is 4.16. The van der Waals surface area contributed by atoms with Crippen molar-refractivity contribution in [2.45, 2.75) is 19.8 Å². The molecule has 0 bridgehead atoms. The molecule has 20 heavy (non-hydrogen) atoms. The molecule has 1 heterocycles. The zero-order chi connectivity index (χ0) is 14.5. The summed E-state index contributed by atoms with van der Waals surface area (Å²) in [7, 11) is 1.66. The van der Waals surface area contributed by atoms with Crippen molar-refractivity contribution in [3.63, 3.8) is 0 Å². The van der Waals surface area contributed by atoms with Crippen molar-refractivity contribution in [2.24, 2.45) is 0 Å². The minimum Gasteiger partial charge on any atom is -0.340 e. The van der Waals surface area contributed by atoms with Crippen molar-refractivity contribution >= 4 is 17.3 Å². The van der Waals surface area contributed by atoms with Crippen LogP contribution in [0.2, 0.25) is 0 Å². The number of hydrogen-bond acceptors (Lipinski definition) is 5. The maximum absolute atomic E-state index is 8.85. The van der Waals surface area contributed by atoms with Crippen LogP contribution in [0.3, 0.4) is 0 Å². The summed E-state index contributed by atoms with van der Waals surface area (Å²) in [6, 6.07) is 9.96. The third kappa shape index (κ3) is 3.23. The van der Waals surface area contributed by atoms with Gasteiger partial charge in [0.25, 0.3) is 0 Å². The van der Waals surface area contributed by atoms with E-state index in [0.29, 0.717) is 17.6 Å². The fourth-order valence-corrected chi connectivity index (χ4v) is 1.75. The molecule has 0 radical (unpaired) electrons. The van der Waals surface area contributed by atoms with Crippen molar-refractivity contribution in [1.82, 2.24) is 9.97 Å². The second-order valence-corrected chi connectivity index (χ2v) is 4.82. The second-order valence-electron chi connectivity index (χ2n) is 4.82. The summed E-state index contributed by atoms with van der Waals surface area (Å²) >= 11 is 0. The number of aromatic nitrogens is 2. The Labute approximate surface area is 118 Å². The average Bonchev–Trinajstić information content (AvgIpc) is 2.47. The Balaban J connectivity index is 2.16. The number of nitrogens with one attached hydrogen (secondary N) is 1. The van der Waals surface area contributed by atoms with Gasteiger partial charge in [-0.3, -0.25) is 4.90 Å². The quantitative estimate of drug-likeness (QED) is 0.680. The monoisotopic (exact) mass is 267 g/mol. The standard InChI is InChI=1S/C15H17N5/c1-11(2)12-4-6-13(7-5-12)19-14-8-15(18-10-17-14)20(3)9-16/h4-8,10-11H,1-3H3,(H,17,18,19). The van der Waals surface area contributed by atoms with Gasteiger partial charge in [-0.05, 0) is 23.6 Å². The van der Waals surface area contributed by atoms with Crippen LogP contribution in [0.25, 0.3) is 0 Å². The van der Waals surface area contributed by atoms with E-state index < -0.39 is 0 Å². The first-order valence-electron chi connectivity index (χ1n) is 6.42. The molecule has 0 amide bonds. The van der Waals surface area contributed by atoms with E-state index in [2.05, 4.69) is 41.3 Å². The SMILES string of the molecule is CC(C)c1ccc(Nc2cc(N(C)C#N)ncn2)cc1. The number of anilines is 3. The van der Waals surface area contributed by atoms with Gasteiger partial charge in [-0.2, -0.15) is 5.26 Å². The molecule has 102 valence electrons. The Morgan fingerprint density at radius 2 is 1.90 bits per heavy atom. The fourth-order valence-electron chi connectivity index (χ4n) is 1.75. The molecule has 0 aliphatic carbocycles. The van der Waals surface area contributed by atoms with Gasteiger partial charge in [0.2, 0.25) is 0 Å². The molecule has 0 aliphatic rings. The Hall–Kier alpha value is -2.61. The topological polar surface area (TPSA) is 64.8 Å². The molecular formula is C15H17N5.